The van der Waals surface area contributed by atoms with E-state index in [1.807, 2.05) is 13.0 Å². The number of pyridine rings is 1. The molecule has 0 unspecified atom stereocenters. The number of amides is 1. The molecule has 2 rings (SSSR count). The molecule has 0 spiro atoms. The maximum absolute atomic E-state index is 11.1. The summed E-state index contributed by atoms with van der Waals surface area (Å²) in [4.78, 5) is 26.3. The second-order valence-electron chi connectivity index (χ2n) is 4.41. The highest BCUT2D eigenvalue weighted by Gasteiger charge is 2.06. The molecule has 2 aromatic heterocycles. The Balaban J connectivity index is 2.19. The van der Waals surface area contributed by atoms with E-state index < -0.39 is 0 Å². The van der Waals surface area contributed by atoms with Gasteiger partial charge in [0.2, 0.25) is 5.91 Å². The first kappa shape index (κ1) is 15.8. The first-order chi connectivity index (χ1) is 10.5. The molecule has 0 saturated carbocycles. The third-order valence-corrected chi connectivity index (χ3v) is 3.16. The predicted molar refractivity (Wildman–Crippen MR) is 85.7 cm³/mol. The summed E-state index contributed by atoms with van der Waals surface area (Å²) in [7, 11) is 0. The van der Waals surface area contributed by atoms with Crippen LogP contribution in [0.1, 0.15) is 25.1 Å². The van der Waals surface area contributed by atoms with Crippen molar-refractivity contribution in [1.82, 2.24) is 20.5 Å². The van der Waals surface area contributed by atoms with E-state index in [0.717, 1.165) is 28.4 Å². The van der Waals surface area contributed by atoms with E-state index in [0.29, 0.717) is 5.65 Å². The standard InChI is InChI=1S/C13H14N6O2S/c1-7-11-4-10(5-14-12(11)18-17-7)6-15-19-13(16-8(2)20)22-9(3)21/h4-6H,1-3H3,(H,14,17,18)(H,16,19,20). The van der Waals surface area contributed by atoms with Gasteiger partial charge in [-0.2, -0.15) is 10.2 Å². The lowest BCUT2D eigenvalue weighted by molar-refractivity contribution is -0.117. The molecule has 2 N–H and O–H groups in total. The molecule has 114 valence electrons. The Kier molecular flexibility index (Phi) is 4.99. The van der Waals surface area contributed by atoms with Crippen LogP contribution in [-0.2, 0) is 9.59 Å². The first-order valence-electron chi connectivity index (χ1n) is 6.33. The number of hydrogen-bond donors (Lipinski definition) is 2. The van der Waals surface area contributed by atoms with Gasteiger partial charge in [-0.15, -0.1) is 5.10 Å². The fourth-order valence-electron chi connectivity index (χ4n) is 1.61. The quantitative estimate of drug-likeness (QED) is 0.493. The fraction of sp³-hybridized carbons (Fsp3) is 0.231. The van der Waals surface area contributed by atoms with Gasteiger partial charge in [0.1, 0.15) is 0 Å². The second-order valence-corrected chi connectivity index (χ2v) is 5.58. The summed E-state index contributed by atoms with van der Waals surface area (Å²) in [6.45, 7) is 4.61. The summed E-state index contributed by atoms with van der Waals surface area (Å²) >= 11 is 0.804. The van der Waals surface area contributed by atoms with Crippen LogP contribution in [0, 0.1) is 6.92 Å². The van der Waals surface area contributed by atoms with Crippen LogP contribution >= 0.6 is 11.8 Å². The third-order valence-electron chi connectivity index (χ3n) is 2.50. The predicted octanol–water partition coefficient (Wildman–Crippen LogP) is 1.37. The van der Waals surface area contributed by atoms with Crippen LogP contribution in [0.25, 0.3) is 11.0 Å². The van der Waals surface area contributed by atoms with Gasteiger partial charge in [0, 0.05) is 36.7 Å². The molecular formula is C13H14N6O2S. The number of carbonyl (C=O) groups is 2. The number of thioether (sulfide) groups is 1. The zero-order valence-electron chi connectivity index (χ0n) is 12.2. The third kappa shape index (κ3) is 4.22. The molecule has 0 aliphatic heterocycles. The maximum Gasteiger partial charge on any atom is 0.222 e. The second kappa shape index (κ2) is 6.94. The van der Waals surface area contributed by atoms with Crippen molar-refractivity contribution in [2.45, 2.75) is 20.8 Å². The van der Waals surface area contributed by atoms with Crippen molar-refractivity contribution < 1.29 is 9.59 Å². The summed E-state index contributed by atoms with van der Waals surface area (Å²) in [5.41, 5.74) is 2.27. The smallest absolute Gasteiger partial charge is 0.222 e. The highest BCUT2D eigenvalue weighted by atomic mass is 32.2. The van der Waals surface area contributed by atoms with Crippen molar-refractivity contribution in [2.24, 2.45) is 10.2 Å². The Hall–Kier alpha value is -2.55. The number of nitrogens with zero attached hydrogens (tertiary/aromatic N) is 4. The molecule has 0 aromatic carbocycles. The van der Waals surface area contributed by atoms with Crippen molar-refractivity contribution in [1.29, 1.82) is 0 Å². The highest BCUT2D eigenvalue weighted by molar-refractivity contribution is 8.26. The minimum atomic E-state index is -0.320. The molecular weight excluding hydrogens is 304 g/mol. The molecule has 0 bridgehead atoms. The van der Waals surface area contributed by atoms with Crippen molar-refractivity contribution >= 4 is 45.2 Å². The molecule has 2 heterocycles. The Morgan fingerprint density at radius 1 is 1.41 bits per heavy atom. The monoisotopic (exact) mass is 318 g/mol. The molecule has 9 heteroatoms. The summed E-state index contributed by atoms with van der Waals surface area (Å²) in [6.07, 6.45) is 3.10. The van der Waals surface area contributed by atoms with Crippen molar-refractivity contribution in [3.63, 3.8) is 0 Å². The van der Waals surface area contributed by atoms with E-state index in [1.54, 1.807) is 6.20 Å². The molecule has 0 saturated heterocycles. The van der Waals surface area contributed by atoms with Crippen molar-refractivity contribution in [3.8, 4) is 0 Å². The lowest BCUT2D eigenvalue weighted by Crippen LogP contribution is -2.26. The minimum Gasteiger partial charge on any atom is -0.304 e. The van der Waals surface area contributed by atoms with E-state index in [-0.39, 0.29) is 16.2 Å². The lowest BCUT2D eigenvalue weighted by atomic mass is 10.2. The van der Waals surface area contributed by atoms with Crippen LogP contribution in [0.5, 0.6) is 0 Å². The van der Waals surface area contributed by atoms with E-state index >= 15 is 0 Å². The van der Waals surface area contributed by atoms with E-state index in [4.69, 9.17) is 0 Å². The summed E-state index contributed by atoms with van der Waals surface area (Å²) < 4.78 is 0. The largest absolute Gasteiger partial charge is 0.304 e. The molecule has 1 amide bonds. The Morgan fingerprint density at radius 3 is 2.86 bits per heavy atom. The number of hydrogen-bond acceptors (Lipinski definition) is 7. The molecule has 0 aliphatic rings. The average molecular weight is 318 g/mol. The topological polar surface area (TPSA) is 112 Å². The van der Waals surface area contributed by atoms with Gasteiger partial charge in [-0.1, -0.05) is 0 Å². The van der Waals surface area contributed by atoms with Crippen LogP contribution in [0.3, 0.4) is 0 Å². The van der Waals surface area contributed by atoms with Crippen molar-refractivity contribution in [3.05, 3.63) is 23.5 Å². The number of carbonyl (C=O) groups excluding carboxylic acids is 2. The van der Waals surface area contributed by atoms with Gasteiger partial charge >= 0.3 is 0 Å². The van der Waals surface area contributed by atoms with Crippen LogP contribution in [-0.4, -0.2) is 37.6 Å². The maximum atomic E-state index is 11.1. The van der Waals surface area contributed by atoms with E-state index in [2.05, 4.69) is 30.7 Å². The fourth-order valence-corrected chi connectivity index (χ4v) is 2.17. The zero-order chi connectivity index (χ0) is 16.1. The van der Waals surface area contributed by atoms with Crippen LogP contribution < -0.4 is 5.32 Å². The molecule has 2 aromatic rings. The molecule has 0 fully saturated rings. The highest BCUT2D eigenvalue weighted by Crippen LogP contribution is 2.13. The van der Waals surface area contributed by atoms with Gasteiger partial charge in [0.15, 0.2) is 15.9 Å². The van der Waals surface area contributed by atoms with Gasteiger partial charge < -0.3 is 5.32 Å². The first-order valence-corrected chi connectivity index (χ1v) is 7.15. The van der Waals surface area contributed by atoms with Crippen LogP contribution in [0.15, 0.2) is 22.5 Å². The SMILES string of the molecule is CC(=O)NC(=NN=Cc1cnc2n[nH]c(C)c2c1)SC(C)=O. The van der Waals surface area contributed by atoms with Gasteiger partial charge in [-0.3, -0.25) is 14.7 Å². The Labute approximate surface area is 130 Å². The lowest BCUT2D eigenvalue weighted by Gasteiger charge is -2.00. The van der Waals surface area contributed by atoms with Gasteiger partial charge in [-0.25, -0.2) is 4.98 Å². The number of rotatable bonds is 2. The molecule has 0 radical (unpaired) electrons. The minimum absolute atomic E-state index is 0.129. The van der Waals surface area contributed by atoms with E-state index in [9.17, 15) is 9.59 Å². The number of aryl methyl sites for hydroxylation is 1. The Morgan fingerprint density at radius 2 is 2.18 bits per heavy atom. The molecule has 8 nitrogen and oxygen atoms in total. The number of aromatic nitrogens is 3. The number of aromatic amines is 1. The summed E-state index contributed by atoms with van der Waals surface area (Å²) in [5.74, 6) is -0.320. The normalized spacial score (nSPS) is 12.0. The van der Waals surface area contributed by atoms with Crippen molar-refractivity contribution in [2.75, 3.05) is 0 Å². The van der Waals surface area contributed by atoms with Crippen LogP contribution in [0.4, 0.5) is 0 Å². The molecule has 0 aliphatic carbocycles. The average Bonchev–Trinajstić information content (AvgIpc) is 2.79. The number of nitrogens with one attached hydrogen (secondary N) is 2. The van der Waals surface area contributed by atoms with E-state index in [1.165, 1.54) is 20.1 Å². The van der Waals surface area contributed by atoms with Gasteiger partial charge in [-0.05, 0) is 24.8 Å². The van der Waals surface area contributed by atoms with Gasteiger partial charge in [0.05, 0.1) is 6.21 Å². The Bertz CT molecular complexity index is 762. The van der Waals surface area contributed by atoms with Gasteiger partial charge in [0.25, 0.3) is 0 Å². The van der Waals surface area contributed by atoms with Crippen LogP contribution in [0.2, 0.25) is 0 Å². The molecule has 0 atom stereocenters. The zero-order valence-corrected chi connectivity index (χ0v) is 13.1. The number of amidine groups is 1. The number of fused-ring (bicyclic) bond motifs is 1. The number of H-pyrrole nitrogens is 1. The summed E-state index contributed by atoms with van der Waals surface area (Å²) in [6, 6.07) is 1.87. The summed E-state index contributed by atoms with van der Waals surface area (Å²) in [5, 5.41) is 17.9. The molecule has 22 heavy (non-hydrogen) atoms.